The van der Waals surface area contributed by atoms with E-state index in [0.29, 0.717) is 12.3 Å². The van der Waals surface area contributed by atoms with Crippen molar-refractivity contribution in [3.63, 3.8) is 0 Å². The molecule has 116 valence electrons. The Bertz CT molecular complexity index is 341. The van der Waals surface area contributed by atoms with Gasteiger partial charge in [0, 0.05) is 12.6 Å². The molecule has 0 aromatic carbocycles. The van der Waals surface area contributed by atoms with Crippen LogP contribution in [0.3, 0.4) is 0 Å². The second-order valence-electron chi connectivity index (χ2n) is 6.06. The van der Waals surface area contributed by atoms with Crippen LogP contribution in [0.25, 0.3) is 0 Å². The molecule has 5 heteroatoms. The molecule has 1 aliphatic carbocycles. The lowest BCUT2D eigenvalue weighted by Crippen LogP contribution is -2.51. The van der Waals surface area contributed by atoms with E-state index >= 15 is 0 Å². The zero-order valence-electron chi connectivity index (χ0n) is 12.2. The highest BCUT2D eigenvalue weighted by Crippen LogP contribution is 2.44. The maximum atomic E-state index is 13.2. The molecule has 1 fully saturated rings. The van der Waals surface area contributed by atoms with Crippen LogP contribution >= 0.6 is 0 Å². The van der Waals surface area contributed by atoms with Crippen LogP contribution in [0, 0.1) is 23.7 Å². The van der Waals surface area contributed by atoms with Crippen molar-refractivity contribution < 1.29 is 13.2 Å². The minimum atomic E-state index is -4.08. The molecule has 5 atom stereocenters. The van der Waals surface area contributed by atoms with E-state index in [0.717, 1.165) is 19.5 Å². The Labute approximate surface area is 119 Å². The maximum Gasteiger partial charge on any atom is 0.392 e. The van der Waals surface area contributed by atoms with Crippen LogP contribution in [-0.2, 0) is 0 Å². The highest BCUT2D eigenvalue weighted by atomic mass is 19.4. The molecule has 0 radical (unpaired) electrons. The Hall–Kier alpha value is -0.550. The van der Waals surface area contributed by atoms with E-state index in [1.807, 2.05) is 20.0 Å². The van der Waals surface area contributed by atoms with Gasteiger partial charge < -0.3 is 10.6 Å². The smallest absolute Gasteiger partial charge is 0.315 e. The number of likely N-dealkylation sites (N-methyl/N-ethyl adjacent to an activating group) is 1. The molecule has 2 aliphatic rings. The van der Waals surface area contributed by atoms with Crippen LogP contribution in [0.15, 0.2) is 12.2 Å². The van der Waals surface area contributed by atoms with E-state index in [9.17, 15) is 13.2 Å². The molecule has 0 aromatic rings. The number of hydrogen-bond acceptors (Lipinski definition) is 2. The Morgan fingerprint density at radius 1 is 1.30 bits per heavy atom. The van der Waals surface area contributed by atoms with Crippen molar-refractivity contribution in [3.8, 4) is 0 Å². The summed E-state index contributed by atoms with van der Waals surface area (Å²) in [6, 6.07) is 0.269. The van der Waals surface area contributed by atoms with Crippen LogP contribution in [0.5, 0.6) is 0 Å². The van der Waals surface area contributed by atoms with Gasteiger partial charge in [-0.2, -0.15) is 13.2 Å². The SMILES string of the molecule is CCC1C=C[C@@H](C2CCNCC2NC)CC1C(F)(F)F. The van der Waals surface area contributed by atoms with Crippen molar-refractivity contribution in [3.05, 3.63) is 12.2 Å². The number of allylic oxidation sites excluding steroid dienone is 2. The van der Waals surface area contributed by atoms with Crippen LogP contribution in [0.2, 0.25) is 0 Å². The van der Waals surface area contributed by atoms with E-state index in [-0.39, 0.29) is 24.3 Å². The summed E-state index contributed by atoms with van der Waals surface area (Å²) in [4.78, 5) is 0. The van der Waals surface area contributed by atoms with Crippen molar-refractivity contribution >= 4 is 0 Å². The molecule has 0 bridgehead atoms. The van der Waals surface area contributed by atoms with E-state index in [1.54, 1.807) is 0 Å². The molecule has 2 N–H and O–H groups in total. The fourth-order valence-corrected chi connectivity index (χ4v) is 3.79. The predicted molar refractivity (Wildman–Crippen MR) is 74.4 cm³/mol. The number of nitrogens with one attached hydrogen (secondary N) is 2. The standard InChI is InChI=1S/C15H25F3N2/c1-3-10-4-5-11(8-13(10)15(16,17)18)12-6-7-20-9-14(12)19-2/h4-5,10-14,19-20H,3,6-9H2,1-2H3/t10?,11-,12?,13?,14?/m1/s1. The fraction of sp³-hybridized carbons (Fsp3) is 0.867. The minimum absolute atomic E-state index is 0.0453. The minimum Gasteiger partial charge on any atom is -0.315 e. The van der Waals surface area contributed by atoms with Gasteiger partial charge in [0.05, 0.1) is 5.92 Å². The van der Waals surface area contributed by atoms with E-state index < -0.39 is 12.1 Å². The lowest BCUT2D eigenvalue weighted by Gasteiger charge is -2.41. The second kappa shape index (κ2) is 6.48. The molecule has 0 saturated carbocycles. The van der Waals surface area contributed by atoms with Gasteiger partial charge in [-0.3, -0.25) is 0 Å². The molecule has 1 heterocycles. The summed E-state index contributed by atoms with van der Waals surface area (Å²) in [5.41, 5.74) is 0. The van der Waals surface area contributed by atoms with E-state index in [4.69, 9.17) is 0 Å². The largest absolute Gasteiger partial charge is 0.392 e. The first kappa shape index (κ1) is 15.8. The van der Waals surface area contributed by atoms with Gasteiger partial charge in [-0.25, -0.2) is 0 Å². The van der Waals surface area contributed by atoms with E-state index in [1.165, 1.54) is 0 Å². The summed E-state index contributed by atoms with van der Waals surface area (Å²) in [5.74, 6) is -1.17. The second-order valence-corrected chi connectivity index (χ2v) is 6.06. The lowest BCUT2D eigenvalue weighted by molar-refractivity contribution is -0.191. The molecule has 0 aromatic heterocycles. The highest BCUT2D eigenvalue weighted by molar-refractivity contribution is 5.06. The molecule has 2 nitrogen and oxygen atoms in total. The summed E-state index contributed by atoms with van der Waals surface area (Å²) >= 11 is 0. The highest BCUT2D eigenvalue weighted by Gasteiger charge is 2.47. The molecular formula is C15H25F3N2. The Balaban J connectivity index is 2.13. The monoisotopic (exact) mass is 290 g/mol. The quantitative estimate of drug-likeness (QED) is 0.781. The van der Waals surface area contributed by atoms with Gasteiger partial charge in [-0.15, -0.1) is 0 Å². The molecule has 4 unspecified atom stereocenters. The Morgan fingerprint density at radius 3 is 2.65 bits per heavy atom. The number of hydrogen-bond donors (Lipinski definition) is 2. The zero-order chi connectivity index (χ0) is 14.8. The number of piperidine rings is 1. The Morgan fingerprint density at radius 2 is 2.05 bits per heavy atom. The summed E-state index contributed by atoms with van der Waals surface area (Å²) in [7, 11) is 1.90. The van der Waals surface area contributed by atoms with Gasteiger partial charge in [-0.1, -0.05) is 19.1 Å². The molecule has 0 spiro atoms. The molecule has 1 aliphatic heterocycles. The maximum absolute atomic E-state index is 13.2. The third-order valence-corrected chi connectivity index (χ3v) is 5.00. The van der Waals surface area contributed by atoms with Crippen LogP contribution in [-0.4, -0.2) is 32.4 Å². The molecule has 20 heavy (non-hydrogen) atoms. The molecular weight excluding hydrogens is 265 g/mol. The van der Waals surface area contributed by atoms with Crippen LogP contribution in [0.1, 0.15) is 26.2 Å². The average molecular weight is 290 g/mol. The van der Waals surface area contributed by atoms with E-state index in [2.05, 4.69) is 16.7 Å². The van der Waals surface area contributed by atoms with Gasteiger partial charge in [-0.05, 0) is 50.6 Å². The van der Waals surface area contributed by atoms with Gasteiger partial charge in [0.25, 0.3) is 0 Å². The molecule has 2 rings (SSSR count). The van der Waals surface area contributed by atoms with Gasteiger partial charge in [0.1, 0.15) is 0 Å². The summed E-state index contributed by atoms with van der Waals surface area (Å²) in [6.45, 7) is 3.59. The number of halogens is 3. The van der Waals surface area contributed by atoms with Gasteiger partial charge in [0.15, 0.2) is 0 Å². The van der Waals surface area contributed by atoms with Gasteiger partial charge >= 0.3 is 6.18 Å². The molecule has 1 saturated heterocycles. The first-order chi connectivity index (χ1) is 9.47. The number of alkyl halides is 3. The normalized spacial score (nSPS) is 39.0. The van der Waals surface area contributed by atoms with Crippen molar-refractivity contribution in [1.82, 2.24) is 10.6 Å². The Kier molecular flexibility index (Phi) is 5.13. The fourth-order valence-electron chi connectivity index (χ4n) is 3.79. The average Bonchev–Trinajstić information content (AvgIpc) is 2.45. The van der Waals surface area contributed by atoms with Crippen molar-refractivity contribution in [2.45, 2.75) is 38.4 Å². The van der Waals surface area contributed by atoms with Crippen LogP contribution < -0.4 is 10.6 Å². The third kappa shape index (κ3) is 3.37. The van der Waals surface area contributed by atoms with Crippen molar-refractivity contribution in [2.75, 3.05) is 20.1 Å². The summed E-state index contributed by atoms with van der Waals surface area (Å²) in [6.07, 6.45) is 1.56. The molecule has 0 amide bonds. The first-order valence-corrected chi connectivity index (χ1v) is 7.60. The predicted octanol–water partition coefficient (Wildman–Crippen LogP) is 2.96. The number of rotatable bonds is 3. The zero-order valence-corrected chi connectivity index (χ0v) is 12.2. The first-order valence-electron chi connectivity index (χ1n) is 7.60. The third-order valence-electron chi connectivity index (χ3n) is 5.00. The summed E-state index contributed by atoms with van der Waals surface area (Å²) < 4.78 is 39.7. The lowest BCUT2D eigenvalue weighted by atomic mass is 9.70. The van der Waals surface area contributed by atoms with Crippen molar-refractivity contribution in [1.29, 1.82) is 0 Å². The summed E-state index contributed by atoms with van der Waals surface area (Å²) in [5, 5.41) is 6.56. The van der Waals surface area contributed by atoms with Crippen molar-refractivity contribution in [2.24, 2.45) is 23.7 Å². The van der Waals surface area contributed by atoms with Crippen LogP contribution in [0.4, 0.5) is 13.2 Å². The van der Waals surface area contributed by atoms with Gasteiger partial charge in [0.2, 0.25) is 0 Å². The topological polar surface area (TPSA) is 24.1 Å².